The molecule has 0 saturated heterocycles. The zero-order valence-corrected chi connectivity index (χ0v) is 8.62. The molecule has 3 heteroatoms. The Bertz CT molecular complexity index is 345. The second-order valence-corrected chi connectivity index (χ2v) is 3.12. The summed E-state index contributed by atoms with van der Waals surface area (Å²) in [5, 5.41) is 0. The second-order valence-electron chi connectivity index (χ2n) is 2.90. The van der Waals surface area contributed by atoms with Crippen molar-refractivity contribution in [2.24, 2.45) is 0 Å². The number of rotatable bonds is 4. The van der Waals surface area contributed by atoms with Gasteiger partial charge in [0.1, 0.15) is 12.4 Å². The summed E-state index contributed by atoms with van der Waals surface area (Å²) in [4.78, 5) is 10.6. The van der Waals surface area contributed by atoms with Gasteiger partial charge in [-0.2, -0.15) is 0 Å². The zero-order valence-electron chi connectivity index (χ0n) is 7.87. The van der Waals surface area contributed by atoms with E-state index < -0.39 is 0 Å². The van der Waals surface area contributed by atoms with Crippen LogP contribution in [0, 0.1) is 0 Å². The Morgan fingerprint density at radius 3 is 2.86 bits per heavy atom. The number of carbonyl (C=O) groups excluding carboxylic acids is 1. The van der Waals surface area contributed by atoms with Crippen molar-refractivity contribution in [2.45, 2.75) is 6.92 Å². The van der Waals surface area contributed by atoms with Gasteiger partial charge < -0.3 is 4.74 Å². The summed E-state index contributed by atoms with van der Waals surface area (Å²) < 4.78 is 5.40. The molecule has 0 saturated carbocycles. The summed E-state index contributed by atoms with van der Waals surface area (Å²) in [6.07, 6.45) is 0.773. The third-order valence-electron chi connectivity index (χ3n) is 1.69. The SMILES string of the molecule is C/C(=C/Cl)COc1ccccc1C=O. The van der Waals surface area contributed by atoms with Crippen molar-refractivity contribution in [1.82, 2.24) is 0 Å². The maximum atomic E-state index is 10.6. The summed E-state index contributed by atoms with van der Waals surface area (Å²) in [6.45, 7) is 2.25. The molecule has 1 rings (SSSR count). The van der Waals surface area contributed by atoms with E-state index in [1.54, 1.807) is 18.2 Å². The highest BCUT2D eigenvalue weighted by molar-refractivity contribution is 6.25. The molecule has 0 aliphatic carbocycles. The van der Waals surface area contributed by atoms with Gasteiger partial charge in [0.15, 0.2) is 6.29 Å². The lowest BCUT2D eigenvalue weighted by Crippen LogP contribution is -2.00. The topological polar surface area (TPSA) is 26.3 Å². The van der Waals surface area contributed by atoms with Crippen molar-refractivity contribution in [3.05, 3.63) is 40.9 Å². The van der Waals surface area contributed by atoms with Gasteiger partial charge in [-0.05, 0) is 24.6 Å². The minimum atomic E-state index is 0.397. The normalized spacial score (nSPS) is 11.1. The number of carbonyl (C=O) groups is 1. The third kappa shape index (κ3) is 2.89. The van der Waals surface area contributed by atoms with Crippen molar-refractivity contribution in [3.8, 4) is 5.75 Å². The molecule has 0 aromatic heterocycles. The fourth-order valence-electron chi connectivity index (χ4n) is 0.932. The molecular weight excluding hydrogens is 200 g/mol. The molecule has 0 aliphatic heterocycles. The van der Waals surface area contributed by atoms with Crippen LogP contribution in [0.25, 0.3) is 0 Å². The Morgan fingerprint density at radius 2 is 2.21 bits per heavy atom. The number of hydrogen-bond donors (Lipinski definition) is 0. The Kier molecular flexibility index (Phi) is 4.20. The smallest absolute Gasteiger partial charge is 0.153 e. The largest absolute Gasteiger partial charge is 0.488 e. The van der Waals surface area contributed by atoms with Crippen LogP contribution in [0.2, 0.25) is 0 Å². The maximum Gasteiger partial charge on any atom is 0.153 e. The fourth-order valence-corrected chi connectivity index (χ4v) is 0.995. The van der Waals surface area contributed by atoms with Gasteiger partial charge in [0.2, 0.25) is 0 Å². The lowest BCUT2D eigenvalue weighted by molar-refractivity contribution is 0.112. The van der Waals surface area contributed by atoms with E-state index in [9.17, 15) is 4.79 Å². The first kappa shape index (κ1) is 10.8. The average Bonchev–Trinajstić information content (AvgIpc) is 2.26. The standard InChI is InChI=1S/C11H11ClO2/c1-9(6-12)8-14-11-5-3-2-4-10(11)7-13/h2-7H,8H2,1H3/b9-6-. The van der Waals surface area contributed by atoms with Crippen molar-refractivity contribution in [2.75, 3.05) is 6.61 Å². The van der Waals surface area contributed by atoms with Crippen molar-refractivity contribution in [1.29, 1.82) is 0 Å². The van der Waals surface area contributed by atoms with Gasteiger partial charge in [-0.15, -0.1) is 0 Å². The highest BCUT2D eigenvalue weighted by Crippen LogP contribution is 2.16. The summed E-state index contributed by atoms with van der Waals surface area (Å²) in [6, 6.07) is 7.08. The lowest BCUT2D eigenvalue weighted by atomic mass is 10.2. The third-order valence-corrected chi connectivity index (χ3v) is 2.06. The molecule has 0 unspecified atom stereocenters. The predicted octanol–water partition coefficient (Wildman–Crippen LogP) is 3.02. The molecular formula is C11H11ClO2. The highest BCUT2D eigenvalue weighted by atomic mass is 35.5. The Morgan fingerprint density at radius 1 is 1.50 bits per heavy atom. The van der Waals surface area contributed by atoms with Crippen LogP contribution >= 0.6 is 11.6 Å². The summed E-state index contributed by atoms with van der Waals surface area (Å²) in [7, 11) is 0. The Labute approximate surface area is 88.1 Å². The molecule has 0 radical (unpaired) electrons. The van der Waals surface area contributed by atoms with Gasteiger partial charge in [-0.25, -0.2) is 0 Å². The number of hydrogen-bond acceptors (Lipinski definition) is 2. The molecule has 0 spiro atoms. The molecule has 0 fully saturated rings. The van der Waals surface area contributed by atoms with Gasteiger partial charge >= 0.3 is 0 Å². The minimum Gasteiger partial charge on any atom is -0.488 e. The second kappa shape index (κ2) is 5.45. The van der Waals surface area contributed by atoms with E-state index in [0.29, 0.717) is 17.9 Å². The van der Waals surface area contributed by atoms with Crippen molar-refractivity contribution in [3.63, 3.8) is 0 Å². The van der Waals surface area contributed by atoms with Crippen LogP contribution in [-0.4, -0.2) is 12.9 Å². The molecule has 0 heterocycles. The average molecular weight is 211 g/mol. The number of aldehydes is 1. The fraction of sp³-hybridized carbons (Fsp3) is 0.182. The van der Waals surface area contributed by atoms with Crippen LogP contribution < -0.4 is 4.74 Å². The Hall–Kier alpha value is -1.28. The van der Waals surface area contributed by atoms with Gasteiger partial charge in [-0.1, -0.05) is 23.7 Å². The van der Waals surface area contributed by atoms with E-state index in [1.807, 2.05) is 13.0 Å². The van der Waals surface area contributed by atoms with Gasteiger partial charge in [0, 0.05) is 5.54 Å². The van der Waals surface area contributed by atoms with E-state index in [1.165, 1.54) is 5.54 Å². The number of ether oxygens (including phenoxy) is 1. The minimum absolute atomic E-state index is 0.397. The van der Waals surface area contributed by atoms with Crippen LogP contribution in [0.3, 0.4) is 0 Å². The van der Waals surface area contributed by atoms with E-state index in [-0.39, 0.29) is 0 Å². The zero-order chi connectivity index (χ0) is 10.4. The number of para-hydroxylation sites is 1. The van der Waals surface area contributed by atoms with Crippen LogP contribution in [0.1, 0.15) is 17.3 Å². The molecule has 74 valence electrons. The molecule has 0 amide bonds. The van der Waals surface area contributed by atoms with Crippen molar-refractivity contribution >= 4 is 17.9 Å². The van der Waals surface area contributed by atoms with Crippen LogP contribution in [-0.2, 0) is 0 Å². The molecule has 1 aromatic rings. The van der Waals surface area contributed by atoms with E-state index in [2.05, 4.69) is 0 Å². The monoisotopic (exact) mass is 210 g/mol. The molecule has 0 atom stereocenters. The molecule has 14 heavy (non-hydrogen) atoms. The van der Waals surface area contributed by atoms with E-state index in [4.69, 9.17) is 16.3 Å². The Balaban J connectivity index is 2.71. The predicted molar refractivity (Wildman–Crippen MR) is 56.9 cm³/mol. The van der Waals surface area contributed by atoms with Gasteiger partial charge in [0.05, 0.1) is 5.56 Å². The molecule has 0 N–H and O–H groups in total. The quantitative estimate of drug-likeness (QED) is 0.715. The van der Waals surface area contributed by atoms with Gasteiger partial charge in [0.25, 0.3) is 0 Å². The molecule has 0 aliphatic rings. The molecule has 2 nitrogen and oxygen atoms in total. The first-order chi connectivity index (χ1) is 6.77. The van der Waals surface area contributed by atoms with Crippen LogP contribution in [0.15, 0.2) is 35.4 Å². The van der Waals surface area contributed by atoms with E-state index >= 15 is 0 Å². The first-order valence-corrected chi connectivity index (χ1v) is 4.64. The van der Waals surface area contributed by atoms with Crippen molar-refractivity contribution < 1.29 is 9.53 Å². The van der Waals surface area contributed by atoms with Gasteiger partial charge in [-0.3, -0.25) is 4.79 Å². The summed E-state index contributed by atoms with van der Waals surface area (Å²) >= 11 is 5.48. The molecule has 0 bridgehead atoms. The number of benzene rings is 1. The summed E-state index contributed by atoms with van der Waals surface area (Å²) in [5.41, 5.74) is 2.92. The van der Waals surface area contributed by atoms with Crippen LogP contribution in [0.5, 0.6) is 5.75 Å². The molecule has 1 aromatic carbocycles. The summed E-state index contributed by atoms with van der Waals surface area (Å²) in [5.74, 6) is 0.584. The maximum absolute atomic E-state index is 10.6. The van der Waals surface area contributed by atoms with E-state index in [0.717, 1.165) is 11.9 Å². The number of halogens is 1. The lowest BCUT2D eigenvalue weighted by Gasteiger charge is -2.07. The van der Waals surface area contributed by atoms with Crippen LogP contribution in [0.4, 0.5) is 0 Å². The highest BCUT2D eigenvalue weighted by Gasteiger charge is 2.00. The first-order valence-electron chi connectivity index (χ1n) is 4.20.